The number of carboxylic acid groups (broad SMARTS) is 1. The minimum atomic E-state index is -1.78. The van der Waals surface area contributed by atoms with Gasteiger partial charge < -0.3 is 89.3 Å². The fraction of sp³-hybridized carbons (Fsp3) is 0.508. The van der Waals surface area contributed by atoms with Crippen molar-refractivity contribution >= 4 is 96.2 Å². The number of benzene rings is 3. The minimum Gasteiger partial charge on any atom is -0.508 e. The van der Waals surface area contributed by atoms with E-state index in [0.29, 0.717) is 30.4 Å². The van der Waals surface area contributed by atoms with Crippen LogP contribution in [0.1, 0.15) is 82.4 Å². The molecule has 13 atom stereocenters. The van der Waals surface area contributed by atoms with Gasteiger partial charge in [-0.2, -0.15) is 25.3 Å². The number of amides is 11. The molecule has 0 radical (unpaired) electrons. The van der Waals surface area contributed by atoms with Crippen molar-refractivity contribution in [2.45, 2.75) is 158 Å². The average Bonchev–Trinajstić information content (AvgIpc) is 1.64. The number of thiol groups is 2. The summed E-state index contributed by atoms with van der Waals surface area (Å²) in [5.41, 5.74) is 13.1. The molecule has 0 aromatic heterocycles. The van der Waals surface area contributed by atoms with Crippen molar-refractivity contribution in [2.24, 2.45) is 17.4 Å². The quantitative estimate of drug-likeness (QED) is 0.0264. The van der Waals surface area contributed by atoms with Crippen LogP contribution in [0, 0.1) is 5.92 Å². The monoisotopic (exact) mass is 1320 g/mol. The van der Waals surface area contributed by atoms with Crippen LogP contribution in [0.3, 0.4) is 0 Å². The number of carbonyl (C=O) groups excluding carboxylic acids is 11. The van der Waals surface area contributed by atoms with Crippen LogP contribution in [-0.2, 0) is 76.8 Å². The van der Waals surface area contributed by atoms with Crippen LogP contribution >= 0.6 is 25.3 Å². The lowest BCUT2D eigenvalue weighted by molar-refractivity contribution is -0.149. The number of carboxylic acids is 1. The summed E-state index contributed by atoms with van der Waals surface area (Å²) in [7, 11) is 0. The molecule has 29 nitrogen and oxygen atoms in total. The zero-order valence-corrected chi connectivity index (χ0v) is 53.0. The molecule has 502 valence electrons. The van der Waals surface area contributed by atoms with E-state index in [4.69, 9.17) is 11.5 Å². The van der Waals surface area contributed by atoms with E-state index in [9.17, 15) is 83.1 Å². The van der Waals surface area contributed by atoms with Crippen molar-refractivity contribution in [3.63, 3.8) is 0 Å². The van der Waals surface area contributed by atoms with Crippen LogP contribution in [0.5, 0.6) is 11.5 Å². The van der Waals surface area contributed by atoms with E-state index in [-0.39, 0.29) is 74.6 Å². The van der Waals surface area contributed by atoms with Gasteiger partial charge >= 0.3 is 5.97 Å². The van der Waals surface area contributed by atoms with E-state index >= 15 is 0 Å². The summed E-state index contributed by atoms with van der Waals surface area (Å²) >= 11 is 8.37. The van der Waals surface area contributed by atoms with Gasteiger partial charge in [0.15, 0.2) is 0 Å². The van der Waals surface area contributed by atoms with Gasteiger partial charge in [-0.15, -0.1) is 0 Å². The first-order valence-corrected chi connectivity index (χ1v) is 31.4. The molecule has 2 aliphatic rings. The number of carbonyl (C=O) groups is 12. The smallest absolute Gasteiger partial charge is 0.326 e. The number of phenolic OH excluding ortho intramolecular Hbond substituents is 2. The van der Waals surface area contributed by atoms with Crippen molar-refractivity contribution in [2.75, 3.05) is 31.2 Å². The summed E-state index contributed by atoms with van der Waals surface area (Å²) in [6.45, 7) is 3.63. The molecule has 5 rings (SSSR count). The molecule has 17 N–H and O–H groups in total. The third kappa shape index (κ3) is 21.6. The molecule has 3 aromatic rings. The van der Waals surface area contributed by atoms with E-state index in [1.54, 1.807) is 44.2 Å². The summed E-state index contributed by atoms with van der Waals surface area (Å²) in [4.78, 5) is 166. The van der Waals surface area contributed by atoms with E-state index in [0.717, 1.165) is 5.56 Å². The van der Waals surface area contributed by atoms with Crippen molar-refractivity contribution in [3.8, 4) is 11.5 Å². The Kier molecular flexibility index (Phi) is 29.0. The number of hydrogen-bond acceptors (Lipinski definition) is 19. The second-order valence-electron chi connectivity index (χ2n) is 22.8. The van der Waals surface area contributed by atoms with Gasteiger partial charge in [0.2, 0.25) is 65.0 Å². The Morgan fingerprint density at radius 1 is 0.554 bits per heavy atom. The molecule has 2 heterocycles. The van der Waals surface area contributed by atoms with Crippen molar-refractivity contribution in [1.82, 2.24) is 52.3 Å². The normalized spacial score (nSPS) is 18.1. The maximum absolute atomic E-state index is 14.7. The predicted molar refractivity (Wildman–Crippen MR) is 339 cm³/mol. The predicted octanol–water partition coefficient (Wildman–Crippen LogP) is -3.06. The molecule has 2 saturated heterocycles. The van der Waals surface area contributed by atoms with Crippen LogP contribution in [0.4, 0.5) is 0 Å². The molecule has 0 saturated carbocycles. The molecule has 3 aromatic carbocycles. The van der Waals surface area contributed by atoms with E-state index in [2.05, 4.69) is 67.8 Å². The lowest BCUT2D eigenvalue weighted by Crippen LogP contribution is -2.63. The Balaban J connectivity index is 1.27. The summed E-state index contributed by atoms with van der Waals surface area (Å²) in [6, 6.07) is 4.33. The van der Waals surface area contributed by atoms with E-state index in [1.807, 2.05) is 0 Å². The number of nitrogens with one attached hydrogen (secondary N) is 8. The molecule has 92 heavy (non-hydrogen) atoms. The Bertz CT molecular complexity index is 3080. The minimum absolute atomic E-state index is 0.0432. The largest absolute Gasteiger partial charge is 0.508 e. The lowest BCUT2D eigenvalue weighted by atomic mass is 9.96. The third-order valence-corrected chi connectivity index (χ3v) is 16.6. The first kappa shape index (κ1) is 74.2. The number of rotatable bonds is 34. The highest BCUT2D eigenvalue weighted by molar-refractivity contribution is 7.80. The summed E-state index contributed by atoms with van der Waals surface area (Å²) in [6.07, 6.45) is -1.51. The first-order chi connectivity index (χ1) is 43.7. The van der Waals surface area contributed by atoms with Gasteiger partial charge in [0.1, 0.15) is 71.9 Å². The Hall–Kier alpha value is -8.52. The van der Waals surface area contributed by atoms with Gasteiger partial charge in [0.05, 0.1) is 18.8 Å². The number of aliphatic hydroxyl groups excluding tert-OH is 2. The Morgan fingerprint density at radius 2 is 1.01 bits per heavy atom. The van der Waals surface area contributed by atoms with Gasteiger partial charge in [-0.1, -0.05) is 74.9 Å². The van der Waals surface area contributed by atoms with Crippen molar-refractivity contribution in [1.29, 1.82) is 0 Å². The number of likely N-dealkylation sites (tertiary alicyclic amines) is 2. The fourth-order valence-corrected chi connectivity index (χ4v) is 10.9. The second kappa shape index (κ2) is 35.9. The Morgan fingerprint density at radius 3 is 1.54 bits per heavy atom. The molecule has 2 fully saturated rings. The van der Waals surface area contributed by atoms with Crippen LogP contribution in [0.25, 0.3) is 0 Å². The van der Waals surface area contributed by atoms with Crippen LogP contribution in [0.2, 0.25) is 0 Å². The van der Waals surface area contributed by atoms with Gasteiger partial charge in [0, 0.05) is 43.9 Å². The molecular weight excluding hydrogens is 1240 g/mol. The number of phenols is 2. The number of nitrogens with zero attached hydrogens (tertiary/aromatic N) is 2. The highest BCUT2D eigenvalue weighted by Gasteiger charge is 2.46. The topological polar surface area (TPSA) is 461 Å². The zero-order valence-electron chi connectivity index (χ0n) is 51.2. The zero-order chi connectivity index (χ0) is 67.9. The summed E-state index contributed by atoms with van der Waals surface area (Å²) < 4.78 is 0. The van der Waals surface area contributed by atoms with Crippen LogP contribution in [0.15, 0.2) is 78.9 Å². The second-order valence-corrected chi connectivity index (χ2v) is 23.5. The average molecular weight is 1320 g/mol. The van der Waals surface area contributed by atoms with E-state index in [1.165, 1.54) is 65.3 Å². The fourth-order valence-electron chi connectivity index (χ4n) is 10.4. The molecule has 0 aliphatic carbocycles. The number of aromatic hydroxyl groups is 2. The van der Waals surface area contributed by atoms with Gasteiger partial charge in [-0.25, -0.2) is 4.79 Å². The highest BCUT2D eigenvalue weighted by Crippen LogP contribution is 2.27. The van der Waals surface area contributed by atoms with E-state index < -0.39 is 162 Å². The number of nitrogens with two attached hydrogens (primary N) is 2. The van der Waals surface area contributed by atoms with Crippen molar-refractivity contribution in [3.05, 3.63) is 95.6 Å². The van der Waals surface area contributed by atoms with Crippen LogP contribution in [-0.4, -0.2) is 210 Å². The third-order valence-electron chi connectivity index (χ3n) is 15.9. The molecule has 0 spiro atoms. The number of aliphatic hydroxyl groups is 2. The van der Waals surface area contributed by atoms with Crippen LogP contribution < -0.4 is 54.0 Å². The maximum Gasteiger partial charge on any atom is 0.326 e. The molecular formula is C61H84N12O17S2. The number of aliphatic carboxylic acids is 1. The SMILES string of the molecule is CC[C@H](C)[C@H](NC(=O)[C@H](CO)NC(=O)[C@H](Cc1ccc(O)cc1)NC(=O)[C@@H](NC(=O)[C@H](CS)NC(=O)[C@@H](N)Cc1ccccc1)[C@@H](C)O)C(=O)N1CCC[C@H]1C(=O)N1CCC[C@H]1C(=O)N[C@@H](CCC(N)=O)C(=O)N[C@@H](CS)C(=O)N[C@@H](Cc1ccc(O)cc1)C(=O)O. The highest BCUT2D eigenvalue weighted by atomic mass is 32.1. The van der Waals surface area contributed by atoms with Gasteiger partial charge in [0.25, 0.3) is 0 Å². The Labute approximate surface area is 542 Å². The molecule has 0 unspecified atom stereocenters. The number of hydrogen-bond donors (Lipinski definition) is 17. The maximum atomic E-state index is 14.7. The molecule has 2 aliphatic heterocycles. The molecule has 11 amide bonds. The van der Waals surface area contributed by atoms with Gasteiger partial charge in [-0.3, -0.25) is 52.7 Å². The van der Waals surface area contributed by atoms with Gasteiger partial charge in [-0.05, 0) is 92.3 Å². The molecule has 0 bridgehead atoms. The number of primary amides is 1. The summed E-state index contributed by atoms with van der Waals surface area (Å²) in [5, 5.41) is 70.7. The first-order valence-electron chi connectivity index (χ1n) is 30.1. The van der Waals surface area contributed by atoms with Crippen molar-refractivity contribution < 1.29 is 83.1 Å². The lowest BCUT2D eigenvalue weighted by Gasteiger charge is -2.35. The molecule has 31 heteroatoms. The summed E-state index contributed by atoms with van der Waals surface area (Å²) in [5.74, 6) is -12.5. The standard InChI is InChI=1S/C61H84N12O17S2/c1-4-32(2)49(70-54(82)43(29-74)67-53(81)41(27-35-14-18-37(76)19-15-35)65-58(86)50(33(3)75)71-56(84)45(31-92)68-51(79)39(62)26-34-10-6-5-7-11-34)60(88)73-25-9-13-47(73)59(87)72-24-8-12-46(72)57(85)64-40(22-23-48(63)78)52(80)69-44(30-91)55(83)66-42(61(89)90)28-36-16-20-38(77)21-17-36/h5-7,10-11,14-21,32-33,39-47,49-50,74-77,91-92H,4,8-9,12-13,22-31,62H2,1-3H3,(H2,63,78)(H,64,85)(H,65,86)(H,66,83)(H,67,81)(H,68,79)(H,69,80)(H,70,82)(H,71,84)(H,89,90)/t32-,33+,39-,40-,41-,42-,43-,44-,45-,46-,47-,49-,50-/m0/s1.